The lowest BCUT2D eigenvalue weighted by atomic mass is 10.1. The SMILES string of the molecule is CC(=O)N[C@H]1CC[C@@H](COC2NC(Nc3ccc(N4CCOCC4)cc3)NCC2F)C1. The quantitative estimate of drug-likeness (QED) is 0.515. The number of carbonyl (C=O) groups is 1. The average Bonchev–Trinajstić information content (AvgIpc) is 3.22. The number of ether oxygens (including phenoxy) is 2. The van der Waals surface area contributed by atoms with Crippen molar-refractivity contribution in [3.8, 4) is 0 Å². The summed E-state index contributed by atoms with van der Waals surface area (Å²) in [6, 6.07) is 8.46. The summed E-state index contributed by atoms with van der Waals surface area (Å²) in [5.41, 5.74) is 2.13. The summed E-state index contributed by atoms with van der Waals surface area (Å²) in [6.07, 6.45) is 0.780. The smallest absolute Gasteiger partial charge is 0.217 e. The zero-order chi connectivity index (χ0) is 21.6. The summed E-state index contributed by atoms with van der Waals surface area (Å²) in [4.78, 5) is 13.5. The Balaban J connectivity index is 1.23. The number of hydrogen-bond acceptors (Lipinski definition) is 7. The number of rotatable bonds is 7. The maximum absolute atomic E-state index is 14.4. The van der Waals surface area contributed by atoms with Gasteiger partial charge in [-0.05, 0) is 49.4 Å². The van der Waals surface area contributed by atoms with E-state index in [2.05, 4.69) is 38.3 Å². The standard InChI is InChI=1S/C22H34FN5O3/c1-15(29)25-18-3-2-16(12-18)14-31-21-20(23)13-24-22(27-21)26-17-4-6-19(7-5-17)28-8-10-30-11-9-28/h4-7,16,18,20-22,24,26-27H,2-3,8-14H2,1H3,(H,25,29)/t16-,18+,20?,21?,22?/m1/s1. The van der Waals surface area contributed by atoms with E-state index < -0.39 is 12.4 Å². The van der Waals surface area contributed by atoms with Crippen molar-refractivity contribution in [2.75, 3.05) is 49.7 Å². The summed E-state index contributed by atoms with van der Waals surface area (Å²) in [5.74, 6) is 0.349. The van der Waals surface area contributed by atoms with Gasteiger partial charge in [0.15, 0.2) is 6.17 Å². The minimum atomic E-state index is -1.12. The Morgan fingerprint density at radius 1 is 1.26 bits per heavy atom. The molecule has 2 heterocycles. The number of benzene rings is 1. The van der Waals surface area contributed by atoms with Crippen LogP contribution >= 0.6 is 0 Å². The highest BCUT2D eigenvalue weighted by molar-refractivity contribution is 5.73. The van der Waals surface area contributed by atoms with Crippen molar-refractivity contribution in [2.45, 2.75) is 50.9 Å². The highest BCUT2D eigenvalue weighted by Crippen LogP contribution is 2.26. The second kappa shape index (κ2) is 10.6. The van der Waals surface area contributed by atoms with E-state index in [0.717, 1.165) is 51.3 Å². The monoisotopic (exact) mass is 435 g/mol. The molecule has 0 aromatic heterocycles. The molecule has 1 aromatic rings. The molecule has 0 radical (unpaired) electrons. The third-order valence-corrected chi connectivity index (χ3v) is 6.19. The fourth-order valence-corrected chi connectivity index (χ4v) is 4.55. The van der Waals surface area contributed by atoms with Crippen molar-refractivity contribution in [1.82, 2.24) is 16.0 Å². The number of morpholine rings is 1. The predicted octanol–water partition coefficient (Wildman–Crippen LogP) is 1.40. The van der Waals surface area contributed by atoms with E-state index in [9.17, 15) is 9.18 Å². The van der Waals surface area contributed by atoms with Crippen LogP contribution in [0.15, 0.2) is 24.3 Å². The molecule has 9 heteroatoms. The fourth-order valence-electron chi connectivity index (χ4n) is 4.55. The molecule has 4 N–H and O–H groups in total. The van der Waals surface area contributed by atoms with E-state index >= 15 is 0 Å². The molecule has 31 heavy (non-hydrogen) atoms. The Kier molecular flexibility index (Phi) is 7.60. The van der Waals surface area contributed by atoms with E-state index in [1.165, 1.54) is 5.69 Å². The maximum atomic E-state index is 14.4. The van der Waals surface area contributed by atoms with Crippen LogP contribution in [0.3, 0.4) is 0 Å². The number of alkyl halides is 1. The lowest BCUT2D eigenvalue weighted by Crippen LogP contribution is -2.63. The van der Waals surface area contributed by atoms with Crippen LogP contribution in [0, 0.1) is 5.92 Å². The summed E-state index contributed by atoms with van der Waals surface area (Å²) < 4.78 is 25.7. The van der Waals surface area contributed by atoms with E-state index in [0.29, 0.717) is 12.5 Å². The van der Waals surface area contributed by atoms with Gasteiger partial charge in [0.2, 0.25) is 5.91 Å². The number of anilines is 2. The highest BCUT2D eigenvalue weighted by atomic mass is 19.1. The van der Waals surface area contributed by atoms with Gasteiger partial charge < -0.3 is 25.0 Å². The van der Waals surface area contributed by atoms with Crippen molar-refractivity contribution in [3.05, 3.63) is 24.3 Å². The van der Waals surface area contributed by atoms with Crippen LogP contribution in [0.2, 0.25) is 0 Å². The van der Waals surface area contributed by atoms with Crippen molar-refractivity contribution in [2.24, 2.45) is 5.92 Å². The fraction of sp³-hybridized carbons (Fsp3) is 0.682. The number of nitrogens with zero attached hydrogens (tertiary/aromatic N) is 1. The highest BCUT2D eigenvalue weighted by Gasteiger charge is 2.32. The summed E-state index contributed by atoms with van der Waals surface area (Å²) in [7, 11) is 0. The molecule has 1 aromatic carbocycles. The first-order chi connectivity index (χ1) is 15.1. The van der Waals surface area contributed by atoms with Crippen molar-refractivity contribution in [3.63, 3.8) is 0 Å². The van der Waals surface area contributed by atoms with Gasteiger partial charge in [-0.25, -0.2) is 4.39 Å². The molecule has 0 bridgehead atoms. The average molecular weight is 436 g/mol. The van der Waals surface area contributed by atoms with Crippen LogP contribution in [0.25, 0.3) is 0 Å². The van der Waals surface area contributed by atoms with Gasteiger partial charge in [0.05, 0.1) is 19.8 Å². The Hall–Kier alpha value is -1.94. The first kappa shape index (κ1) is 22.3. The number of halogens is 1. The third kappa shape index (κ3) is 6.29. The number of carbonyl (C=O) groups excluding carboxylic acids is 1. The zero-order valence-corrected chi connectivity index (χ0v) is 18.1. The molecule has 4 rings (SSSR count). The van der Waals surface area contributed by atoms with Crippen molar-refractivity contribution >= 4 is 17.3 Å². The normalized spacial score (nSPS) is 31.4. The molecule has 2 aliphatic heterocycles. The molecule has 3 aliphatic rings. The van der Waals surface area contributed by atoms with E-state index in [1.807, 2.05) is 12.1 Å². The molecule has 2 saturated heterocycles. The number of nitrogens with one attached hydrogen (secondary N) is 4. The molecule has 5 atom stereocenters. The van der Waals surface area contributed by atoms with Crippen LogP contribution < -0.4 is 26.2 Å². The van der Waals surface area contributed by atoms with Gasteiger partial charge in [0, 0.05) is 44.0 Å². The summed E-state index contributed by atoms with van der Waals surface area (Å²) in [5, 5.41) is 12.6. The number of amides is 1. The van der Waals surface area contributed by atoms with Crippen LogP contribution in [0.1, 0.15) is 26.2 Å². The van der Waals surface area contributed by atoms with E-state index in [1.54, 1.807) is 6.92 Å². The molecular weight excluding hydrogens is 401 g/mol. The molecule has 1 amide bonds. The van der Waals surface area contributed by atoms with Gasteiger partial charge in [-0.1, -0.05) is 0 Å². The van der Waals surface area contributed by atoms with Gasteiger partial charge >= 0.3 is 0 Å². The van der Waals surface area contributed by atoms with Crippen LogP contribution in [-0.2, 0) is 14.3 Å². The zero-order valence-electron chi connectivity index (χ0n) is 18.1. The number of hydrogen-bond donors (Lipinski definition) is 4. The first-order valence-electron chi connectivity index (χ1n) is 11.3. The van der Waals surface area contributed by atoms with Gasteiger partial charge in [0.1, 0.15) is 12.5 Å². The van der Waals surface area contributed by atoms with Crippen molar-refractivity contribution in [1.29, 1.82) is 0 Å². The molecule has 1 aliphatic carbocycles. The van der Waals surface area contributed by atoms with Gasteiger partial charge in [-0.3, -0.25) is 15.4 Å². The maximum Gasteiger partial charge on any atom is 0.217 e. The van der Waals surface area contributed by atoms with Crippen LogP contribution in [-0.4, -0.2) is 70.1 Å². The molecule has 3 fully saturated rings. The van der Waals surface area contributed by atoms with Crippen LogP contribution in [0.5, 0.6) is 0 Å². The lowest BCUT2D eigenvalue weighted by molar-refractivity contribution is -0.119. The van der Waals surface area contributed by atoms with Gasteiger partial charge in [-0.15, -0.1) is 0 Å². The summed E-state index contributed by atoms with van der Waals surface area (Å²) in [6.45, 7) is 5.59. The Bertz CT molecular complexity index is 716. The minimum Gasteiger partial charge on any atom is -0.378 e. The molecule has 0 spiro atoms. The Labute approximate surface area is 183 Å². The molecule has 1 saturated carbocycles. The Morgan fingerprint density at radius 3 is 2.77 bits per heavy atom. The van der Waals surface area contributed by atoms with E-state index in [-0.39, 0.29) is 24.8 Å². The first-order valence-corrected chi connectivity index (χ1v) is 11.3. The lowest BCUT2D eigenvalue weighted by Gasteiger charge is -2.35. The third-order valence-electron chi connectivity index (χ3n) is 6.19. The van der Waals surface area contributed by atoms with Crippen LogP contribution in [0.4, 0.5) is 15.8 Å². The van der Waals surface area contributed by atoms with Gasteiger partial charge in [0.25, 0.3) is 0 Å². The second-order valence-electron chi connectivity index (χ2n) is 8.65. The molecule has 172 valence electrons. The predicted molar refractivity (Wildman–Crippen MR) is 118 cm³/mol. The molecular formula is C22H34FN5O3. The van der Waals surface area contributed by atoms with Crippen molar-refractivity contribution < 1.29 is 18.7 Å². The summed E-state index contributed by atoms with van der Waals surface area (Å²) >= 11 is 0. The van der Waals surface area contributed by atoms with Gasteiger partial charge in [-0.2, -0.15) is 0 Å². The molecule has 3 unspecified atom stereocenters. The minimum absolute atomic E-state index is 0.00214. The Morgan fingerprint density at radius 2 is 2.03 bits per heavy atom. The largest absolute Gasteiger partial charge is 0.378 e. The topological polar surface area (TPSA) is 86.9 Å². The second-order valence-corrected chi connectivity index (χ2v) is 8.65. The molecule has 8 nitrogen and oxygen atoms in total. The van der Waals surface area contributed by atoms with E-state index in [4.69, 9.17) is 9.47 Å².